The van der Waals surface area contributed by atoms with Gasteiger partial charge in [-0.2, -0.15) is 0 Å². The van der Waals surface area contributed by atoms with Crippen LogP contribution in [0.1, 0.15) is 27.8 Å². The minimum absolute atomic E-state index is 0.189. The summed E-state index contributed by atoms with van der Waals surface area (Å²) in [5.74, 6) is -1.18. The number of furan rings is 1. The van der Waals surface area contributed by atoms with Gasteiger partial charge in [0, 0.05) is 24.9 Å². The molecule has 0 saturated carbocycles. The van der Waals surface area contributed by atoms with E-state index >= 15 is 0 Å². The van der Waals surface area contributed by atoms with E-state index in [0.29, 0.717) is 29.1 Å². The second kappa shape index (κ2) is 7.77. The lowest BCUT2D eigenvalue weighted by Crippen LogP contribution is -2.33. The maximum atomic E-state index is 12.3. The highest BCUT2D eigenvalue weighted by molar-refractivity contribution is 6.01. The van der Waals surface area contributed by atoms with Crippen molar-refractivity contribution < 1.29 is 23.5 Å². The Labute approximate surface area is 155 Å². The predicted molar refractivity (Wildman–Crippen MR) is 98.5 cm³/mol. The summed E-state index contributed by atoms with van der Waals surface area (Å²) in [6, 6.07) is 9.70. The Morgan fingerprint density at radius 2 is 1.89 bits per heavy atom. The number of ether oxygens (including phenoxy) is 1. The largest absolute Gasteiger partial charge is 0.463 e. The lowest BCUT2D eigenvalue weighted by Gasteiger charge is -2.08. The molecular formula is C19H19N3O5. The smallest absolute Gasteiger partial charge is 0.338 e. The van der Waals surface area contributed by atoms with Crippen LogP contribution in [0.25, 0.3) is 11.1 Å². The number of nitrogens with zero attached hydrogens (tertiary/aromatic N) is 1. The van der Waals surface area contributed by atoms with E-state index in [9.17, 15) is 14.4 Å². The number of aryl methyl sites for hydroxylation is 1. The Kier molecular flexibility index (Phi) is 5.25. The van der Waals surface area contributed by atoms with Gasteiger partial charge in [0.15, 0.2) is 5.58 Å². The summed E-state index contributed by atoms with van der Waals surface area (Å²) in [6.45, 7) is 1.84. The van der Waals surface area contributed by atoms with Gasteiger partial charge in [-0.05, 0) is 31.2 Å². The first kappa shape index (κ1) is 18.2. The monoisotopic (exact) mass is 369 g/mol. The fraction of sp³-hybridized carbons (Fsp3) is 0.211. The average molecular weight is 369 g/mol. The summed E-state index contributed by atoms with van der Waals surface area (Å²) in [5.41, 5.74) is 2.71. The van der Waals surface area contributed by atoms with E-state index in [4.69, 9.17) is 9.15 Å². The number of carbonyl (C=O) groups is 3. The number of benzene rings is 1. The van der Waals surface area contributed by atoms with Crippen molar-refractivity contribution in [3.05, 3.63) is 53.9 Å². The number of fused-ring (bicyclic) bond motifs is 1. The molecule has 0 saturated heterocycles. The highest BCUT2D eigenvalue weighted by atomic mass is 16.5. The van der Waals surface area contributed by atoms with Crippen LogP contribution in [-0.4, -0.2) is 35.5 Å². The van der Waals surface area contributed by atoms with Crippen LogP contribution < -0.4 is 10.6 Å². The van der Waals surface area contributed by atoms with Crippen LogP contribution in [0.15, 0.2) is 47.1 Å². The maximum absolute atomic E-state index is 12.3. The molecule has 1 aromatic carbocycles. The second-order valence-electron chi connectivity index (χ2n) is 5.79. The van der Waals surface area contributed by atoms with Crippen molar-refractivity contribution in [2.45, 2.75) is 6.92 Å². The van der Waals surface area contributed by atoms with Gasteiger partial charge in [0.1, 0.15) is 5.69 Å². The molecule has 0 unspecified atom stereocenters. The zero-order valence-electron chi connectivity index (χ0n) is 14.9. The third-order valence-corrected chi connectivity index (χ3v) is 3.99. The molecule has 0 aliphatic rings. The van der Waals surface area contributed by atoms with Crippen LogP contribution in [0.5, 0.6) is 0 Å². The average Bonchev–Trinajstić information content (AvgIpc) is 3.24. The van der Waals surface area contributed by atoms with Gasteiger partial charge in [0.2, 0.25) is 5.91 Å². The van der Waals surface area contributed by atoms with Crippen molar-refractivity contribution in [2.24, 2.45) is 7.05 Å². The van der Waals surface area contributed by atoms with E-state index in [-0.39, 0.29) is 18.4 Å². The predicted octanol–water partition coefficient (Wildman–Crippen LogP) is 2.32. The number of hydrogen-bond acceptors (Lipinski definition) is 5. The lowest BCUT2D eigenvalue weighted by atomic mass is 10.2. The van der Waals surface area contributed by atoms with E-state index in [2.05, 4.69) is 10.6 Å². The topological polar surface area (TPSA) is 103 Å². The van der Waals surface area contributed by atoms with Crippen molar-refractivity contribution >= 4 is 34.6 Å². The molecule has 0 atom stereocenters. The van der Waals surface area contributed by atoms with Gasteiger partial charge in [-0.15, -0.1) is 0 Å². The number of aromatic nitrogens is 1. The Hall–Kier alpha value is -3.55. The fourth-order valence-electron chi connectivity index (χ4n) is 2.63. The van der Waals surface area contributed by atoms with E-state index in [1.54, 1.807) is 61.2 Å². The van der Waals surface area contributed by atoms with Gasteiger partial charge in [-0.1, -0.05) is 0 Å². The summed E-state index contributed by atoms with van der Waals surface area (Å²) >= 11 is 0. The first-order chi connectivity index (χ1) is 13.0. The highest BCUT2D eigenvalue weighted by Crippen LogP contribution is 2.19. The molecule has 3 aromatic rings. The summed E-state index contributed by atoms with van der Waals surface area (Å²) in [4.78, 5) is 35.9. The molecule has 0 radical (unpaired) electrons. The van der Waals surface area contributed by atoms with Crippen LogP contribution in [0.2, 0.25) is 0 Å². The minimum atomic E-state index is -0.420. The molecule has 0 fully saturated rings. The molecule has 8 nitrogen and oxygen atoms in total. The number of nitrogens with one attached hydrogen (secondary N) is 2. The molecule has 2 N–H and O–H groups in total. The molecule has 2 aromatic heterocycles. The first-order valence-electron chi connectivity index (χ1n) is 8.37. The lowest BCUT2D eigenvalue weighted by molar-refractivity contribution is -0.115. The Bertz CT molecular complexity index is 985. The van der Waals surface area contributed by atoms with Gasteiger partial charge >= 0.3 is 5.97 Å². The molecule has 3 rings (SSSR count). The Morgan fingerprint density at radius 1 is 1.15 bits per heavy atom. The van der Waals surface area contributed by atoms with Crippen molar-refractivity contribution in [3.8, 4) is 0 Å². The molecule has 8 heteroatoms. The summed E-state index contributed by atoms with van der Waals surface area (Å²) < 4.78 is 11.9. The quantitative estimate of drug-likeness (QED) is 0.649. The van der Waals surface area contributed by atoms with Crippen LogP contribution in [0, 0.1) is 0 Å². The third kappa shape index (κ3) is 4.00. The van der Waals surface area contributed by atoms with Gasteiger partial charge in [-0.3, -0.25) is 9.59 Å². The molecule has 2 amide bonds. The summed E-state index contributed by atoms with van der Waals surface area (Å²) in [6.07, 6.45) is 1.55. The number of anilines is 1. The zero-order chi connectivity index (χ0) is 19.4. The van der Waals surface area contributed by atoms with Crippen molar-refractivity contribution in [1.82, 2.24) is 9.88 Å². The third-order valence-electron chi connectivity index (χ3n) is 3.99. The molecule has 140 valence electrons. The highest BCUT2D eigenvalue weighted by Gasteiger charge is 2.16. The molecule has 2 heterocycles. The van der Waals surface area contributed by atoms with E-state index in [0.717, 1.165) is 5.52 Å². The first-order valence-corrected chi connectivity index (χ1v) is 8.37. The Morgan fingerprint density at radius 3 is 2.56 bits per heavy atom. The second-order valence-corrected chi connectivity index (χ2v) is 5.79. The van der Waals surface area contributed by atoms with E-state index in [1.165, 1.54) is 0 Å². The zero-order valence-corrected chi connectivity index (χ0v) is 14.9. The molecule has 0 bridgehead atoms. The molecular weight excluding hydrogens is 350 g/mol. The normalized spacial score (nSPS) is 10.6. The van der Waals surface area contributed by atoms with Crippen LogP contribution >= 0.6 is 0 Å². The van der Waals surface area contributed by atoms with Crippen molar-refractivity contribution in [1.29, 1.82) is 0 Å². The molecule has 27 heavy (non-hydrogen) atoms. The minimum Gasteiger partial charge on any atom is -0.463 e. The SMILES string of the molecule is CCOC(=O)c1ccc(NC(=O)CNC(=O)c2cc3occc3n2C)cc1. The van der Waals surface area contributed by atoms with Crippen molar-refractivity contribution in [3.63, 3.8) is 0 Å². The van der Waals surface area contributed by atoms with Crippen molar-refractivity contribution in [2.75, 3.05) is 18.5 Å². The van der Waals surface area contributed by atoms with E-state index < -0.39 is 5.97 Å². The van der Waals surface area contributed by atoms with Gasteiger partial charge < -0.3 is 24.4 Å². The van der Waals surface area contributed by atoms with Crippen LogP contribution in [0.4, 0.5) is 5.69 Å². The number of amides is 2. The standard InChI is InChI=1S/C19H19N3O5/c1-3-26-19(25)12-4-6-13(7-5-12)21-17(23)11-20-18(24)15-10-16-14(22(15)2)8-9-27-16/h4-10H,3,11H2,1-2H3,(H,20,24)(H,21,23). The number of hydrogen-bond donors (Lipinski definition) is 2. The summed E-state index contributed by atoms with van der Waals surface area (Å²) in [5, 5.41) is 5.22. The van der Waals surface area contributed by atoms with Gasteiger partial charge in [0.25, 0.3) is 5.91 Å². The fourth-order valence-corrected chi connectivity index (χ4v) is 2.63. The molecule has 0 aliphatic carbocycles. The van der Waals surface area contributed by atoms with E-state index in [1.807, 2.05) is 0 Å². The number of esters is 1. The van der Waals surface area contributed by atoms with Gasteiger partial charge in [-0.25, -0.2) is 4.79 Å². The molecule has 0 spiro atoms. The molecule has 0 aliphatic heterocycles. The number of rotatable bonds is 6. The number of carbonyl (C=O) groups excluding carboxylic acids is 3. The van der Waals surface area contributed by atoms with Crippen LogP contribution in [0.3, 0.4) is 0 Å². The summed E-state index contributed by atoms with van der Waals surface area (Å²) in [7, 11) is 1.75. The van der Waals surface area contributed by atoms with Gasteiger partial charge in [0.05, 0.1) is 30.5 Å². The Balaban J connectivity index is 1.54. The van der Waals surface area contributed by atoms with Crippen LogP contribution in [-0.2, 0) is 16.6 Å². The maximum Gasteiger partial charge on any atom is 0.338 e.